The Morgan fingerprint density at radius 2 is 1.82 bits per heavy atom. The normalized spacial score (nSPS) is 14.1. The average molecular weight is 330 g/mol. The summed E-state index contributed by atoms with van der Waals surface area (Å²) in [4.78, 5) is 22.4. The van der Waals surface area contributed by atoms with Crippen molar-refractivity contribution in [3.63, 3.8) is 0 Å². The van der Waals surface area contributed by atoms with Crippen LogP contribution in [0.4, 0.5) is 0 Å². The van der Waals surface area contributed by atoms with Gasteiger partial charge in [0.05, 0.1) is 12.4 Å². The number of carbonyl (C=O) groups excluding carboxylic acids is 1. The summed E-state index contributed by atoms with van der Waals surface area (Å²) in [6, 6.07) is 5.67. The lowest BCUT2D eigenvalue weighted by atomic mass is 10.2. The fraction of sp³-hybridized carbons (Fsp3) is 0.385. The molecule has 0 fully saturated rings. The molecule has 22 heavy (non-hydrogen) atoms. The second kappa shape index (κ2) is 7.87. The molecule has 1 amide bonds. The van der Waals surface area contributed by atoms with Crippen LogP contribution in [-0.4, -0.2) is 49.2 Å². The van der Waals surface area contributed by atoms with Crippen molar-refractivity contribution in [1.82, 2.24) is 10.0 Å². The highest BCUT2D eigenvalue weighted by Gasteiger charge is 2.26. The van der Waals surface area contributed by atoms with Crippen molar-refractivity contribution in [3.8, 4) is 0 Å². The molecule has 0 aromatic heterocycles. The number of carboxylic acid groups (broad SMARTS) is 1. The second-order valence-electron chi connectivity index (χ2n) is 4.67. The lowest BCUT2D eigenvalue weighted by Gasteiger charge is -2.18. The maximum atomic E-state index is 12.0. The average Bonchev–Trinajstić information content (AvgIpc) is 2.45. The second-order valence-corrected chi connectivity index (χ2v) is 6.42. The van der Waals surface area contributed by atoms with Gasteiger partial charge in [0, 0.05) is 0 Å². The number of sulfonamides is 1. The van der Waals surface area contributed by atoms with Crippen molar-refractivity contribution >= 4 is 21.9 Å². The van der Waals surface area contributed by atoms with Crippen LogP contribution in [0.25, 0.3) is 0 Å². The van der Waals surface area contributed by atoms with Crippen LogP contribution in [0.3, 0.4) is 0 Å². The Kier molecular flexibility index (Phi) is 6.47. The Balaban J connectivity index is 2.72. The molecule has 0 heterocycles. The summed E-state index contributed by atoms with van der Waals surface area (Å²) in [6.07, 6.45) is 0. The predicted molar refractivity (Wildman–Crippen MR) is 78.3 cm³/mol. The summed E-state index contributed by atoms with van der Waals surface area (Å²) in [5.41, 5.74) is 0.519. The van der Waals surface area contributed by atoms with E-state index in [2.05, 4.69) is 10.0 Å². The minimum absolute atomic E-state index is 0.355. The molecular formula is C13H18N2O6S. The molecule has 0 saturated carbocycles. The molecule has 2 atom stereocenters. The highest BCUT2D eigenvalue weighted by Crippen LogP contribution is 2.05. The van der Waals surface area contributed by atoms with Crippen molar-refractivity contribution in [2.45, 2.75) is 24.8 Å². The van der Waals surface area contributed by atoms with Crippen molar-refractivity contribution in [2.75, 3.05) is 6.61 Å². The Labute approximate surface area is 128 Å². The molecule has 0 bridgehead atoms. The van der Waals surface area contributed by atoms with Crippen LogP contribution in [0.1, 0.15) is 12.5 Å². The minimum atomic E-state index is -3.87. The van der Waals surface area contributed by atoms with Gasteiger partial charge in [0.15, 0.2) is 0 Å². The molecule has 0 unspecified atom stereocenters. The van der Waals surface area contributed by atoms with Crippen LogP contribution >= 0.6 is 0 Å². The van der Waals surface area contributed by atoms with Gasteiger partial charge in [-0.25, -0.2) is 13.1 Å². The first-order valence-corrected chi connectivity index (χ1v) is 8.08. The van der Waals surface area contributed by atoms with E-state index in [0.717, 1.165) is 0 Å². The molecule has 0 aliphatic carbocycles. The zero-order chi connectivity index (χ0) is 16.8. The standard InChI is InChI=1S/C13H18N2O6S/c1-9(13(18)19)14-12(17)11(7-16)15-22(20,21)8-10-5-3-2-4-6-10/h2-6,9,11,15-16H,7-8H2,1H3,(H,14,17)(H,18,19)/t9-,11+/m0/s1. The first kappa shape index (κ1) is 18.1. The molecule has 1 rings (SSSR count). The summed E-state index contributed by atoms with van der Waals surface area (Å²) in [6.45, 7) is 0.444. The van der Waals surface area contributed by atoms with Gasteiger partial charge in [0.25, 0.3) is 0 Å². The van der Waals surface area contributed by atoms with E-state index in [1.807, 2.05) is 0 Å². The number of hydrogen-bond acceptors (Lipinski definition) is 5. The highest BCUT2D eigenvalue weighted by molar-refractivity contribution is 7.88. The lowest BCUT2D eigenvalue weighted by molar-refractivity contribution is -0.141. The third-order valence-electron chi connectivity index (χ3n) is 2.75. The number of benzene rings is 1. The third-order valence-corrected chi connectivity index (χ3v) is 4.11. The number of rotatable bonds is 8. The minimum Gasteiger partial charge on any atom is -0.480 e. The highest BCUT2D eigenvalue weighted by atomic mass is 32.2. The lowest BCUT2D eigenvalue weighted by Crippen LogP contribution is -2.52. The maximum Gasteiger partial charge on any atom is 0.325 e. The van der Waals surface area contributed by atoms with E-state index < -0.39 is 40.6 Å². The molecule has 4 N–H and O–H groups in total. The van der Waals surface area contributed by atoms with Gasteiger partial charge in [0.1, 0.15) is 12.1 Å². The summed E-state index contributed by atoms with van der Waals surface area (Å²) in [7, 11) is -3.87. The van der Waals surface area contributed by atoms with E-state index in [4.69, 9.17) is 10.2 Å². The monoisotopic (exact) mass is 330 g/mol. The number of hydrogen-bond donors (Lipinski definition) is 4. The maximum absolute atomic E-state index is 12.0. The topological polar surface area (TPSA) is 133 Å². The Bertz CT molecular complexity index is 617. The van der Waals surface area contributed by atoms with Crippen LogP contribution in [0.15, 0.2) is 30.3 Å². The van der Waals surface area contributed by atoms with Crippen molar-refractivity contribution in [3.05, 3.63) is 35.9 Å². The zero-order valence-electron chi connectivity index (χ0n) is 11.9. The molecule has 0 aliphatic heterocycles. The van der Waals surface area contributed by atoms with Gasteiger partial charge >= 0.3 is 5.97 Å². The molecule has 0 aliphatic rings. The largest absolute Gasteiger partial charge is 0.480 e. The van der Waals surface area contributed by atoms with Crippen LogP contribution in [0.5, 0.6) is 0 Å². The molecule has 8 nitrogen and oxygen atoms in total. The van der Waals surface area contributed by atoms with Crippen molar-refractivity contribution in [2.24, 2.45) is 0 Å². The number of carbonyl (C=O) groups is 2. The van der Waals surface area contributed by atoms with E-state index in [9.17, 15) is 18.0 Å². The summed E-state index contributed by atoms with van der Waals surface area (Å²) in [5.74, 6) is -2.53. The Morgan fingerprint density at radius 3 is 2.32 bits per heavy atom. The third kappa shape index (κ3) is 5.80. The quantitative estimate of drug-likeness (QED) is 0.486. The number of nitrogens with one attached hydrogen (secondary N) is 2. The molecule has 9 heteroatoms. The fourth-order valence-electron chi connectivity index (χ4n) is 1.60. The molecule has 0 saturated heterocycles. The first-order valence-electron chi connectivity index (χ1n) is 6.43. The van der Waals surface area contributed by atoms with Gasteiger partial charge in [-0.1, -0.05) is 30.3 Å². The number of aliphatic hydroxyl groups excluding tert-OH is 1. The van der Waals surface area contributed by atoms with E-state index in [0.29, 0.717) is 5.56 Å². The molecule has 1 aromatic rings. The summed E-state index contributed by atoms with van der Waals surface area (Å²) >= 11 is 0. The molecule has 122 valence electrons. The van der Waals surface area contributed by atoms with Crippen LogP contribution in [0, 0.1) is 0 Å². The summed E-state index contributed by atoms with van der Waals surface area (Å²) in [5, 5.41) is 19.9. The van der Waals surface area contributed by atoms with E-state index >= 15 is 0 Å². The molecule has 1 aromatic carbocycles. The predicted octanol–water partition coefficient (Wildman–Crippen LogP) is -0.944. The Hall–Kier alpha value is -1.97. The van der Waals surface area contributed by atoms with Gasteiger partial charge in [0.2, 0.25) is 15.9 Å². The van der Waals surface area contributed by atoms with Gasteiger partial charge in [-0.05, 0) is 12.5 Å². The summed E-state index contributed by atoms with van der Waals surface area (Å²) < 4.78 is 26.0. The van der Waals surface area contributed by atoms with Gasteiger partial charge in [-0.15, -0.1) is 0 Å². The van der Waals surface area contributed by atoms with Gasteiger partial charge in [-0.3, -0.25) is 9.59 Å². The Morgan fingerprint density at radius 1 is 1.23 bits per heavy atom. The van der Waals surface area contributed by atoms with Crippen molar-refractivity contribution < 1.29 is 28.2 Å². The van der Waals surface area contributed by atoms with Crippen LogP contribution in [-0.2, 0) is 25.4 Å². The van der Waals surface area contributed by atoms with Gasteiger partial charge in [-0.2, -0.15) is 0 Å². The zero-order valence-corrected chi connectivity index (χ0v) is 12.7. The van der Waals surface area contributed by atoms with Gasteiger partial charge < -0.3 is 15.5 Å². The van der Waals surface area contributed by atoms with E-state index in [1.54, 1.807) is 30.3 Å². The number of aliphatic carboxylic acids is 1. The number of aliphatic hydroxyl groups is 1. The smallest absolute Gasteiger partial charge is 0.325 e. The fourth-order valence-corrected chi connectivity index (χ4v) is 2.93. The van der Waals surface area contributed by atoms with Crippen LogP contribution < -0.4 is 10.0 Å². The van der Waals surface area contributed by atoms with Crippen LogP contribution in [0.2, 0.25) is 0 Å². The molecule has 0 spiro atoms. The van der Waals surface area contributed by atoms with E-state index in [-0.39, 0.29) is 5.75 Å². The number of carboxylic acids is 1. The number of amides is 1. The SMILES string of the molecule is C[C@H](NC(=O)[C@@H](CO)NS(=O)(=O)Cc1ccccc1)C(=O)O. The first-order chi connectivity index (χ1) is 10.2. The van der Waals surface area contributed by atoms with E-state index in [1.165, 1.54) is 6.92 Å². The molecular weight excluding hydrogens is 312 g/mol. The molecule has 0 radical (unpaired) electrons. The van der Waals surface area contributed by atoms with Crippen molar-refractivity contribution in [1.29, 1.82) is 0 Å².